The van der Waals surface area contributed by atoms with Gasteiger partial charge in [0.05, 0.1) is 0 Å². The molecule has 0 fully saturated rings. The molecule has 0 radical (unpaired) electrons. The largest absolute Gasteiger partial charge is 0.381 e. The predicted molar refractivity (Wildman–Crippen MR) is 73.1 cm³/mol. The Bertz CT molecular complexity index is 696. The van der Waals surface area contributed by atoms with Crippen LogP contribution in [0.5, 0.6) is 0 Å². The van der Waals surface area contributed by atoms with Gasteiger partial charge >= 0.3 is 0 Å². The molecule has 0 atom stereocenters. The van der Waals surface area contributed by atoms with E-state index >= 15 is 0 Å². The van der Waals surface area contributed by atoms with Crippen molar-refractivity contribution in [1.29, 1.82) is 0 Å². The van der Waals surface area contributed by atoms with Gasteiger partial charge in [-0.05, 0) is 17.7 Å². The molecule has 102 valence electrons. The summed E-state index contributed by atoms with van der Waals surface area (Å²) in [5, 5.41) is 4.35. The molecule has 0 aliphatic heterocycles. The molecule has 0 saturated carbocycles. The lowest BCUT2D eigenvalue weighted by atomic mass is 10.2. The van der Waals surface area contributed by atoms with Crippen LogP contribution in [-0.4, -0.2) is 18.2 Å². The highest BCUT2D eigenvalue weighted by Gasteiger charge is 2.20. The third-order valence-corrected chi connectivity index (χ3v) is 4.12. The lowest BCUT2D eigenvalue weighted by Gasteiger charge is -2.05. The van der Waals surface area contributed by atoms with Crippen molar-refractivity contribution in [3.63, 3.8) is 0 Å². The zero-order chi connectivity index (χ0) is 14.0. The quantitative estimate of drug-likeness (QED) is 0.886. The SMILES string of the molecule is Cn1cc(S(=O)(=O)NCc2cccc(Cl)c2)c(N)n1. The van der Waals surface area contributed by atoms with Crippen molar-refractivity contribution in [2.75, 3.05) is 5.73 Å². The molecular formula is C11H13ClN4O2S. The van der Waals surface area contributed by atoms with Gasteiger partial charge < -0.3 is 5.73 Å². The maximum atomic E-state index is 12.0. The van der Waals surface area contributed by atoms with Crippen LogP contribution >= 0.6 is 11.6 Å². The van der Waals surface area contributed by atoms with Crippen LogP contribution in [0.2, 0.25) is 5.02 Å². The van der Waals surface area contributed by atoms with Gasteiger partial charge in [-0.2, -0.15) is 5.10 Å². The first-order valence-corrected chi connectivity index (χ1v) is 7.28. The Morgan fingerprint density at radius 3 is 2.79 bits per heavy atom. The molecule has 1 aromatic carbocycles. The summed E-state index contributed by atoms with van der Waals surface area (Å²) in [5.41, 5.74) is 6.31. The van der Waals surface area contributed by atoms with E-state index in [0.717, 1.165) is 5.56 Å². The predicted octanol–water partition coefficient (Wildman–Crippen LogP) is 1.13. The molecule has 3 N–H and O–H groups in total. The summed E-state index contributed by atoms with van der Waals surface area (Å²) in [6.45, 7) is 0.136. The van der Waals surface area contributed by atoms with E-state index in [4.69, 9.17) is 17.3 Å². The lowest BCUT2D eigenvalue weighted by Crippen LogP contribution is -2.23. The van der Waals surface area contributed by atoms with Crippen LogP contribution in [0.4, 0.5) is 5.82 Å². The number of nitrogen functional groups attached to an aromatic ring is 1. The van der Waals surface area contributed by atoms with Crippen LogP contribution in [-0.2, 0) is 23.6 Å². The fraction of sp³-hybridized carbons (Fsp3) is 0.182. The second-order valence-corrected chi connectivity index (χ2v) is 6.18. The molecule has 0 bridgehead atoms. The number of rotatable bonds is 4. The van der Waals surface area contributed by atoms with Crippen molar-refractivity contribution in [3.05, 3.63) is 41.0 Å². The number of nitrogens with zero attached hydrogens (tertiary/aromatic N) is 2. The van der Waals surface area contributed by atoms with Crippen LogP contribution in [0.25, 0.3) is 0 Å². The number of sulfonamides is 1. The number of halogens is 1. The van der Waals surface area contributed by atoms with Gasteiger partial charge in [-0.25, -0.2) is 13.1 Å². The Morgan fingerprint density at radius 2 is 2.21 bits per heavy atom. The molecule has 2 aromatic rings. The second kappa shape index (κ2) is 5.20. The zero-order valence-corrected chi connectivity index (χ0v) is 11.7. The van der Waals surface area contributed by atoms with Gasteiger partial charge in [0.2, 0.25) is 10.0 Å². The van der Waals surface area contributed by atoms with Gasteiger partial charge in [0.25, 0.3) is 0 Å². The third kappa shape index (κ3) is 3.25. The minimum absolute atomic E-state index is 0.0268. The van der Waals surface area contributed by atoms with Crippen molar-refractivity contribution in [1.82, 2.24) is 14.5 Å². The molecule has 1 heterocycles. The highest BCUT2D eigenvalue weighted by molar-refractivity contribution is 7.89. The van der Waals surface area contributed by atoms with Gasteiger partial charge in [0, 0.05) is 24.8 Å². The first-order chi connectivity index (χ1) is 8.88. The van der Waals surface area contributed by atoms with Gasteiger partial charge in [0.15, 0.2) is 5.82 Å². The molecule has 2 rings (SSSR count). The third-order valence-electron chi connectivity index (χ3n) is 2.47. The number of nitrogens with two attached hydrogens (primary N) is 1. The van der Waals surface area contributed by atoms with Crippen LogP contribution in [0.15, 0.2) is 35.4 Å². The Labute approximate surface area is 116 Å². The van der Waals surface area contributed by atoms with E-state index in [1.165, 1.54) is 10.9 Å². The fourth-order valence-electron chi connectivity index (χ4n) is 1.59. The van der Waals surface area contributed by atoms with E-state index in [1.807, 2.05) is 0 Å². The maximum absolute atomic E-state index is 12.0. The van der Waals surface area contributed by atoms with Gasteiger partial charge in [0.1, 0.15) is 4.90 Å². The molecule has 19 heavy (non-hydrogen) atoms. The van der Waals surface area contributed by atoms with Crippen molar-refractivity contribution in [2.24, 2.45) is 7.05 Å². The molecule has 0 aliphatic rings. The second-order valence-electron chi connectivity index (χ2n) is 4.01. The number of aromatic nitrogens is 2. The van der Waals surface area contributed by atoms with Gasteiger partial charge in [-0.3, -0.25) is 4.68 Å². The fourth-order valence-corrected chi connectivity index (χ4v) is 2.93. The molecule has 0 unspecified atom stereocenters. The Balaban J connectivity index is 2.16. The summed E-state index contributed by atoms with van der Waals surface area (Å²) in [6, 6.07) is 6.95. The monoisotopic (exact) mass is 300 g/mol. The topological polar surface area (TPSA) is 90.0 Å². The molecular weight excluding hydrogens is 288 g/mol. The summed E-state index contributed by atoms with van der Waals surface area (Å²) >= 11 is 5.83. The van der Waals surface area contributed by atoms with Gasteiger partial charge in [-0.1, -0.05) is 23.7 Å². The van der Waals surface area contributed by atoms with Gasteiger partial charge in [-0.15, -0.1) is 0 Å². The molecule has 0 aliphatic carbocycles. The molecule has 0 amide bonds. The number of nitrogens with one attached hydrogen (secondary N) is 1. The molecule has 8 heteroatoms. The Hall–Kier alpha value is -1.57. The zero-order valence-electron chi connectivity index (χ0n) is 10.2. The normalized spacial score (nSPS) is 11.7. The Morgan fingerprint density at radius 1 is 1.47 bits per heavy atom. The first-order valence-electron chi connectivity index (χ1n) is 5.42. The van der Waals surface area contributed by atoms with E-state index in [2.05, 4.69) is 9.82 Å². The molecule has 1 aromatic heterocycles. The lowest BCUT2D eigenvalue weighted by molar-refractivity contribution is 0.581. The van der Waals surface area contributed by atoms with Crippen LogP contribution in [0.3, 0.4) is 0 Å². The average molecular weight is 301 g/mol. The van der Waals surface area contributed by atoms with Crippen LogP contribution in [0.1, 0.15) is 5.56 Å². The average Bonchev–Trinajstić information content (AvgIpc) is 2.67. The first kappa shape index (κ1) is 13.9. The number of benzene rings is 1. The van der Waals surface area contributed by atoms with Crippen LogP contribution < -0.4 is 10.5 Å². The number of anilines is 1. The van der Waals surface area contributed by atoms with Crippen LogP contribution in [0, 0.1) is 0 Å². The number of aryl methyl sites for hydroxylation is 1. The standard InChI is InChI=1S/C11H13ClN4O2S/c1-16-7-10(11(13)15-16)19(17,18)14-6-8-3-2-4-9(12)5-8/h2-5,7,14H,6H2,1H3,(H2,13,15). The summed E-state index contributed by atoms with van der Waals surface area (Å²) in [4.78, 5) is -0.0305. The summed E-state index contributed by atoms with van der Waals surface area (Å²) < 4.78 is 27.9. The van der Waals surface area contributed by atoms with Crippen molar-refractivity contribution < 1.29 is 8.42 Å². The molecule has 6 nitrogen and oxygen atoms in total. The number of hydrogen-bond acceptors (Lipinski definition) is 4. The van der Waals surface area contributed by atoms with E-state index in [1.54, 1.807) is 31.3 Å². The molecule has 0 spiro atoms. The minimum atomic E-state index is -3.68. The van der Waals surface area contributed by atoms with E-state index in [0.29, 0.717) is 5.02 Å². The maximum Gasteiger partial charge on any atom is 0.246 e. The number of hydrogen-bond donors (Lipinski definition) is 2. The van der Waals surface area contributed by atoms with Crippen molar-refractivity contribution in [2.45, 2.75) is 11.4 Å². The van der Waals surface area contributed by atoms with E-state index in [-0.39, 0.29) is 17.3 Å². The Kier molecular flexibility index (Phi) is 3.79. The highest BCUT2D eigenvalue weighted by atomic mass is 35.5. The molecule has 0 saturated heterocycles. The smallest absolute Gasteiger partial charge is 0.246 e. The summed E-state index contributed by atoms with van der Waals surface area (Å²) in [5.74, 6) is -0.0268. The van der Waals surface area contributed by atoms with Crippen molar-refractivity contribution >= 4 is 27.4 Å². The van der Waals surface area contributed by atoms with Crippen molar-refractivity contribution in [3.8, 4) is 0 Å². The highest BCUT2D eigenvalue weighted by Crippen LogP contribution is 2.16. The van der Waals surface area contributed by atoms with E-state index in [9.17, 15) is 8.42 Å². The summed E-state index contributed by atoms with van der Waals surface area (Å²) in [6.07, 6.45) is 1.36. The van der Waals surface area contributed by atoms with E-state index < -0.39 is 10.0 Å². The summed E-state index contributed by atoms with van der Waals surface area (Å²) in [7, 11) is -2.08. The minimum Gasteiger partial charge on any atom is -0.381 e.